The number of nitrogens with zero attached hydrogens (tertiary/aromatic N) is 1. The third-order valence-electron chi connectivity index (χ3n) is 5.02. The largest absolute Gasteiger partial charge is 0.463 e. The summed E-state index contributed by atoms with van der Waals surface area (Å²) in [6.45, 7) is 3.53. The number of esters is 2. The van der Waals surface area contributed by atoms with Gasteiger partial charge in [-0.1, -0.05) is 19.9 Å². The molecule has 0 saturated carbocycles. The van der Waals surface area contributed by atoms with Gasteiger partial charge in [-0.15, -0.1) is 0 Å². The molecule has 1 saturated heterocycles. The predicted molar refractivity (Wildman–Crippen MR) is 104 cm³/mol. The highest BCUT2D eigenvalue weighted by Gasteiger charge is 2.45. The number of nitrogens with two attached hydrogens (primary N) is 1. The molecule has 0 aliphatic carbocycles. The Balaban J connectivity index is 1.81. The van der Waals surface area contributed by atoms with Crippen molar-refractivity contribution in [3.63, 3.8) is 0 Å². The Hall–Kier alpha value is -2.43. The van der Waals surface area contributed by atoms with Crippen LogP contribution in [0.15, 0.2) is 24.0 Å². The van der Waals surface area contributed by atoms with Crippen LogP contribution in [0.3, 0.4) is 0 Å². The van der Waals surface area contributed by atoms with Gasteiger partial charge in [0.15, 0.2) is 6.23 Å². The van der Waals surface area contributed by atoms with Crippen molar-refractivity contribution in [2.45, 2.75) is 76.6 Å². The molecule has 1 fully saturated rings. The van der Waals surface area contributed by atoms with Gasteiger partial charge in [-0.2, -0.15) is 0 Å². The summed E-state index contributed by atoms with van der Waals surface area (Å²) in [5, 5.41) is 20.5. The van der Waals surface area contributed by atoms with Crippen LogP contribution in [0, 0.1) is 0 Å². The highest BCUT2D eigenvalue weighted by atomic mass is 16.6. The SMILES string of the molecule is CCC(CC)OC(=O)CCC(=O)OC[C@H]1O[C@@H](N2C=CCC(C(N)=O)=C2)[C@H](O)[C@@H]1O. The first-order valence-electron chi connectivity index (χ1n) is 10.1. The molecule has 4 N–H and O–H groups in total. The first kappa shape index (κ1) is 23.8. The molecule has 0 unspecified atom stereocenters. The Kier molecular flexibility index (Phi) is 8.82. The number of ether oxygens (including phenoxy) is 3. The first-order valence-corrected chi connectivity index (χ1v) is 10.1. The van der Waals surface area contributed by atoms with Crippen molar-refractivity contribution in [3.8, 4) is 0 Å². The van der Waals surface area contributed by atoms with Gasteiger partial charge in [-0.25, -0.2) is 0 Å². The number of hydrogen-bond acceptors (Lipinski definition) is 9. The van der Waals surface area contributed by atoms with Crippen LogP contribution < -0.4 is 5.73 Å². The summed E-state index contributed by atoms with van der Waals surface area (Å²) < 4.78 is 15.9. The lowest BCUT2D eigenvalue weighted by Gasteiger charge is -2.28. The van der Waals surface area contributed by atoms with Crippen molar-refractivity contribution in [1.29, 1.82) is 0 Å². The van der Waals surface area contributed by atoms with E-state index in [0.717, 1.165) is 0 Å². The van der Waals surface area contributed by atoms with Crippen LogP contribution in [0.2, 0.25) is 0 Å². The highest BCUT2D eigenvalue weighted by Crippen LogP contribution is 2.27. The number of aliphatic hydroxyl groups excluding tert-OH is 2. The maximum Gasteiger partial charge on any atom is 0.306 e. The number of rotatable bonds is 10. The minimum Gasteiger partial charge on any atom is -0.463 e. The number of hydrogen-bond donors (Lipinski definition) is 3. The molecule has 2 rings (SSSR count). The summed E-state index contributed by atoms with van der Waals surface area (Å²) >= 11 is 0. The average Bonchev–Trinajstić information content (AvgIpc) is 3.03. The summed E-state index contributed by atoms with van der Waals surface area (Å²) in [7, 11) is 0. The van der Waals surface area contributed by atoms with Crippen molar-refractivity contribution < 1.29 is 38.8 Å². The minimum atomic E-state index is -1.30. The van der Waals surface area contributed by atoms with Gasteiger partial charge in [0.1, 0.15) is 31.0 Å². The summed E-state index contributed by atoms with van der Waals surface area (Å²) in [5.41, 5.74) is 5.61. The molecule has 0 aromatic heterocycles. The van der Waals surface area contributed by atoms with Crippen LogP contribution in [-0.2, 0) is 28.6 Å². The maximum atomic E-state index is 11.9. The number of primary amides is 1. The standard InChI is InChI=1S/C20H30N2O8/c1-3-13(4-2)29-16(24)8-7-15(23)28-11-14-17(25)18(26)20(30-14)22-9-5-6-12(10-22)19(21)27/h5,9-10,13-14,17-18,20,25-26H,3-4,6-8,11H2,1-2H3,(H2,21,27)/t14-,17-,18-,20-/m1/s1. The second-order valence-electron chi connectivity index (χ2n) is 7.21. The zero-order valence-corrected chi connectivity index (χ0v) is 17.2. The Bertz CT molecular complexity index is 688. The fourth-order valence-corrected chi connectivity index (χ4v) is 3.16. The zero-order chi connectivity index (χ0) is 22.3. The number of allylic oxidation sites excluding steroid dienone is 1. The van der Waals surface area contributed by atoms with Crippen molar-refractivity contribution >= 4 is 17.8 Å². The number of aliphatic hydroxyl groups is 2. The number of amides is 1. The molecule has 30 heavy (non-hydrogen) atoms. The lowest BCUT2D eigenvalue weighted by molar-refractivity contribution is -0.156. The lowest BCUT2D eigenvalue weighted by Crippen LogP contribution is -2.40. The summed E-state index contributed by atoms with van der Waals surface area (Å²) in [6, 6.07) is 0. The summed E-state index contributed by atoms with van der Waals surface area (Å²) in [4.78, 5) is 36.4. The van der Waals surface area contributed by atoms with Gasteiger partial charge in [-0.05, 0) is 19.3 Å². The predicted octanol–water partition coefficient (Wildman–Crippen LogP) is 0.0769. The van der Waals surface area contributed by atoms with Crippen molar-refractivity contribution in [1.82, 2.24) is 4.90 Å². The van der Waals surface area contributed by atoms with E-state index < -0.39 is 42.4 Å². The van der Waals surface area contributed by atoms with Crippen molar-refractivity contribution in [3.05, 3.63) is 24.0 Å². The van der Waals surface area contributed by atoms with Crippen LogP contribution in [0.25, 0.3) is 0 Å². The normalized spacial score (nSPS) is 25.9. The van der Waals surface area contributed by atoms with E-state index in [1.165, 1.54) is 11.1 Å². The fraction of sp³-hybridized carbons (Fsp3) is 0.650. The van der Waals surface area contributed by atoms with Crippen LogP contribution in [0.1, 0.15) is 46.0 Å². The van der Waals surface area contributed by atoms with Crippen molar-refractivity contribution in [2.75, 3.05) is 6.61 Å². The Morgan fingerprint density at radius 1 is 1.20 bits per heavy atom. The molecule has 0 radical (unpaired) electrons. The smallest absolute Gasteiger partial charge is 0.306 e. The molecular weight excluding hydrogens is 396 g/mol. The zero-order valence-electron chi connectivity index (χ0n) is 17.2. The molecule has 168 valence electrons. The molecule has 2 heterocycles. The van der Waals surface area contributed by atoms with Gasteiger partial charge >= 0.3 is 11.9 Å². The van der Waals surface area contributed by atoms with E-state index in [-0.39, 0.29) is 25.6 Å². The molecule has 4 atom stereocenters. The molecule has 0 aromatic rings. The quantitative estimate of drug-likeness (QED) is 0.413. The number of carbonyl (C=O) groups excluding carboxylic acids is 3. The Morgan fingerprint density at radius 2 is 1.87 bits per heavy atom. The molecule has 10 heteroatoms. The van der Waals surface area contributed by atoms with Crippen LogP contribution in [-0.4, -0.2) is 70.2 Å². The Labute approximate surface area is 175 Å². The van der Waals surface area contributed by atoms with Gasteiger partial charge < -0.3 is 35.1 Å². The van der Waals surface area contributed by atoms with E-state index in [0.29, 0.717) is 24.8 Å². The number of carbonyl (C=O) groups is 3. The average molecular weight is 426 g/mol. The summed E-state index contributed by atoms with van der Waals surface area (Å²) in [6.07, 6.45) is 1.54. The van der Waals surface area contributed by atoms with E-state index >= 15 is 0 Å². The van der Waals surface area contributed by atoms with Gasteiger partial charge in [0.2, 0.25) is 5.91 Å². The lowest BCUT2D eigenvalue weighted by atomic mass is 10.1. The van der Waals surface area contributed by atoms with Crippen molar-refractivity contribution in [2.24, 2.45) is 5.73 Å². The van der Waals surface area contributed by atoms with Crippen LogP contribution >= 0.6 is 0 Å². The topological polar surface area (TPSA) is 149 Å². The minimum absolute atomic E-state index is 0.103. The summed E-state index contributed by atoms with van der Waals surface area (Å²) in [5.74, 6) is -1.70. The maximum absolute atomic E-state index is 11.9. The van der Waals surface area contributed by atoms with E-state index in [9.17, 15) is 24.6 Å². The third kappa shape index (κ3) is 6.28. The van der Waals surface area contributed by atoms with Crippen LogP contribution in [0.4, 0.5) is 0 Å². The third-order valence-corrected chi connectivity index (χ3v) is 5.02. The van der Waals surface area contributed by atoms with Crippen LogP contribution in [0.5, 0.6) is 0 Å². The van der Waals surface area contributed by atoms with E-state index in [1.807, 2.05) is 13.8 Å². The molecule has 1 amide bonds. The van der Waals surface area contributed by atoms with Gasteiger partial charge in [0, 0.05) is 18.0 Å². The second kappa shape index (κ2) is 11.1. The molecule has 2 aliphatic heterocycles. The molecule has 0 spiro atoms. The highest BCUT2D eigenvalue weighted by molar-refractivity contribution is 5.92. The molecule has 10 nitrogen and oxygen atoms in total. The monoisotopic (exact) mass is 426 g/mol. The molecule has 0 aromatic carbocycles. The van der Waals surface area contributed by atoms with Gasteiger partial charge in [-0.3, -0.25) is 14.4 Å². The van der Waals surface area contributed by atoms with E-state index in [4.69, 9.17) is 19.9 Å². The van der Waals surface area contributed by atoms with Gasteiger partial charge in [0.25, 0.3) is 0 Å². The van der Waals surface area contributed by atoms with E-state index in [2.05, 4.69) is 0 Å². The van der Waals surface area contributed by atoms with E-state index in [1.54, 1.807) is 12.3 Å². The Morgan fingerprint density at radius 3 is 2.50 bits per heavy atom. The fourth-order valence-electron chi connectivity index (χ4n) is 3.16. The molecule has 0 bridgehead atoms. The molecule has 2 aliphatic rings. The first-order chi connectivity index (χ1) is 14.3. The van der Waals surface area contributed by atoms with Gasteiger partial charge in [0.05, 0.1) is 12.8 Å². The molecular formula is C20H30N2O8. The second-order valence-corrected chi connectivity index (χ2v) is 7.21.